The predicted octanol–water partition coefficient (Wildman–Crippen LogP) is 7.52. The number of nitrogens with one attached hydrogen (secondary N) is 1. The number of hydrogen-bond donors (Lipinski definition) is 1. The highest BCUT2D eigenvalue weighted by atomic mass is 35.5. The monoisotopic (exact) mass is 407 g/mol. The van der Waals surface area contributed by atoms with Crippen LogP contribution in [0.2, 0.25) is 5.02 Å². The Morgan fingerprint density at radius 2 is 1.83 bits per heavy atom. The SMILES string of the molecule is Clc1ccc(C2Nc3ccc(OCCC4CCCCC4)cc3C3C=CCC32)cc1. The van der Waals surface area contributed by atoms with Crippen molar-refractivity contribution in [3.63, 3.8) is 0 Å². The van der Waals surface area contributed by atoms with E-state index in [9.17, 15) is 0 Å². The average molecular weight is 408 g/mol. The van der Waals surface area contributed by atoms with Gasteiger partial charge in [0.25, 0.3) is 0 Å². The van der Waals surface area contributed by atoms with E-state index >= 15 is 0 Å². The highest BCUT2D eigenvalue weighted by Gasteiger charge is 2.38. The average Bonchev–Trinajstić information content (AvgIpc) is 3.25. The van der Waals surface area contributed by atoms with Crippen LogP contribution in [0.4, 0.5) is 5.69 Å². The minimum atomic E-state index is 0.317. The number of anilines is 1. The molecule has 0 spiro atoms. The van der Waals surface area contributed by atoms with Crippen molar-refractivity contribution >= 4 is 17.3 Å². The summed E-state index contributed by atoms with van der Waals surface area (Å²) in [6.45, 7) is 0.841. The van der Waals surface area contributed by atoms with Gasteiger partial charge in [-0.1, -0.05) is 68.0 Å². The minimum Gasteiger partial charge on any atom is -0.494 e. The van der Waals surface area contributed by atoms with Crippen molar-refractivity contribution < 1.29 is 4.74 Å². The maximum atomic E-state index is 6.18. The molecule has 0 aromatic heterocycles. The maximum Gasteiger partial charge on any atom is 0.119 e. The zero-order chi connectivity index (χ0) is 19.6. The molecule has 1 saturated carbocycles. The molecule has 0 bridgehead atoms. The van der Waals surface area contributed by atoms with Crippen molar-refractivity contribution in [2.75, 3.05) is 11.9 Å². The van der Waals surface area contributed by atoms with Crippen LogP contribution in [0, 0.1) is 11.8 Å². The first-order chi connectivity index (χ1) is 14.3. The van der Waals surface area contributed by atoms with E-state index in [0.717, 1.165) is 29.7 Å². The van der Waals surface area contributed by atoms with E-state index in [0.29, 0.717) is 17.9 Å². The van der Waals surface area contributed by atoms with Gasteiger partial charge in [0.1, 0.15) is 5.75 Å². The first-order valence-corrected chi connectivity index (χ1v) is 11.6. The van der Waals surface area contributed by atoms with E-state index in [1.54, 1.807) is 0 Å². The molecule has 1 heterocycles. The smallest absolute Gasteiger partial charge is 0.119 e. The first-order valence-electron chi connectivity index (χ1n) is 11.2. The Kier molecular flexibility index (Phi) is 5.54. The van der Waals surface area contributed by atoms with Crippen LogP contribution in [0.25, 0.3) is 0 Å². The van der Waals surface area contributed by atoms with Gasteiger partial charge in [-0.25, -0.2) is 0 Å². The molecule has 3 atom stereocenters. The lowest BCUT2D eigenvalue weighted by Crippen LogP contribution is -2.29. The second-order valence-electron chi connectivity index (χ2n) is 8.92. The van der Waals surface area contributed by atoms with E-state index < -0.39 is 0 Å². The van der Waals surface area contributed by atoms with Crippen LogP contribution < -0.4 is 10.1 Å². The van der Waals surface area contributed by atoms with E-state index in [-0.39, 0.29) is 0 Å². The summed E-state index contributed by atoms with van der Waals surface area (Å²) in [7, 11) is 0. The Morgan fingerprint density at radius 1 is 1.00 bits per heavy atom. The summed E-state index contributed by atoms with van der Waals surface area (Å²) in [5.41, 5.74) is 3.92. The summed E-state index contributed by atoms with van der Waals surface area (Å²) in [6.07, 6.45) is 14.0. The molecular formula is C26H30ClNO. The number of hydrogen-bond acceptors (Lipinski definition) is 2. The van der Waals surface area contributed by atoms with Gasteiger partial charge in [-0.15, -0.1) is 0 Å². The molecule has 5 rings (SSSR count). The van der Waals surface area contributed by atoms with Crippen LogP contribution in [-0.2, 0) is 0 Å². The fourth-order valence-electron chi connectivity index (χ4n) is 5.48. The number of ether oxygens (including phenoxy) is 1. The maximum absolute atomic E-state index is 6.18. The van der Waals surface area contributed by atoms with Gasteiger partial charge in [0.15, 0.2) is 0 Å². The second kappa shape index (κ2) is 8.44. The zero-order valence-electron chi connectivity index (χ0n) is 16.9. The lowest BCUT2D eigenvalue weighted by Gasteiger charge is -2.37. The highest BCUT2D eigenvalue weighted by molar-refractivity contribution is 6.30. The zero-order valence-corrected chi connectivity index (χ0v) is 17.7. The molecule has 0 radical (unpaired) electrons. The lowest BCUT2D eigenvalue weighted by atomic mass is 9.77. The minimum absolute atomic E-state index is 0.317. The van der Waals surface area contributed by atoms with Gasteiger partial charge in [0.2, 0.25) is 0 Å². The molecule has 0 amide bonds. The van der Waals surface area contributed by atoms with Crippen molar-refractivity contribution in [2.45, 2.75) is 56.9 Å². The van der Waals surface area contributed by atoms with Gasteiger partial charge in [0, 0.05) is 16.6 Å². The molecule has 29 heavy (non-hydrogen) atoms. The third-order valence-electron chi connectivity index (χ3n) is 7.08. The third kappa shape index (κ3) is 4.05. The van der Waals surface area contributed by atoms with Crippen molar-refractivity contribution in [1.82, 2.24) is 0 Å². The Bertz CT molecular complexity index is 869. The van der Waals surface area contributed by atoms with Gasteiger partial charge >= 0.3 is 0 Å². The van der Waals surface area contributed by atoms with Crippen LogP contribution in [0.3, 0.4) is 0 Å². The summed E-state index contributed by atoms with van der Waals surface area (Å²) >= 11 is 6.10. The molecule has 2 nitrogen and oxygen atoms in total. The topological polar surface area (TPSA) is 21.3 Å². The molecule has 2 aromatic carbocycles. The summed E-state index contributed by atoms with van der Waals surface area (Å²) in [6, 6.07) is 15.2. The van der Waals surface area contributed by atoms with Gasteiger partial charge in [-0.3, -0.25) is 0 Å². The molecular weight excluding hydrogens is 378 g/mol. The molecule has 1 fully saturated rings. The lowest BCUT2D eigenvalue weighted by molar-refractivity contribution is 0.246. The normalized spacial score (nSPS) is 25.9. The van der Waals surface area contributed by atoms with Crippen LogP contribution in [0.5, 0.6) is 5.75 Å². The van der Waals surface area contributed by atoms with E-state index in [1.165, 1.54) is 55.3 Å². The summed E-state index contributed by atoms with van der Waals surface area (Å²) in [4.78, 5) is 0. The van der Waals surface area contributed by atoms with E-state index in [2.05, 4.69) is 47.8 Å². The molecule has 3 unspecified atom stereocenters. The standard InChI is InChI=1S/C26H30ClNO/c27-20-11-9-19(10-12-20)26-23-8-4-7-22(23)24-17-21(13-14-25(24)28-26)29-16-15-18-5-2-1-3-6-18/h4,7,9-14,17-18,22-23,26,28H,1-3,5-6,8,15-16H2. The predicted molar refractivity (Wildman–Crippen MR) is 121 cm³/mol. The first kappa shape index (κ1) is 19.1. The highest BCUT2D eigenvalue weighted by Crippen LogP contribution is 2.50. The molecule has 2 aromatic rings. The number of allylic oxidation sites excluding steroid dienone is 2. The van der Waals surface area contributed by atoms with Gasteiger partial charge < -0.3 is 10.1 Å². The van der Waals surface area contributed by atoms with Gasteiger partial charge in [0.05, 0.1) is 12.6 Å². The Morgan fingerprint density at radius 3 is 2.66 bits per heavy atom. The Labute approximate surface area is 179 Å². The van der Waals surface area contributed by atoms with E-state index in [1.807, 2.05) is 12.1 Å². The van der Waals surface area contributed by atoms with Crippen LogP contribution in [0.1, 0.15) is 68.0 Å². The Hall–Kier alpha value is -1.93. The largest absolute Gasteiger partial charge is 0.494 e. The molecule has 2 aliphatic carbocycles. The third-order valence-corrected chi connectivity index (χ3v) is 7.33. The summed E-state index contributed by atoms with van der Waals surface area (Å²) < 4.78 is 6.18. The van der Waals surface area contributed by atoms with Gasteiger partial charge in [-0.05, 0) is 66.1 Å². The number of rotatable bonds is 5. The second-order valence-corrected chi connectivity index (χ2v) is 9.35. The molecule has 3 heteroatoms. The number of halogens is 1. The van der Waals surface area contributed by atoms with Crippen molar-refractivity contribution in [3.05, 3.63) is 70.8 Å². The fraction of sp³-hybridized carbons (Fsp3) is 0.462. The molecule has 1 aliphatic heterocycles. The quantitative estimate of drug-likeness (QED) is 0.517. The van der Waals surface area contributed by atoms with Crippen molar-refractivity contribution in [1.29, 1.82) is 0 Å². The van der Waals surface area contributed by atoms with E-state index in [4.69, 9.17) is 16.3 Å². The van der Waals surface area contributed by atoms with Crippen molar-refractivity contribution in [2.24, 2.45) is 11.8 Å². The van der Waals surface area contributed by atoms with Gasteiger partial charge in [-0.2, -0.15) is 0 Å². The molecule has 0 saturated heterocycles. The van der Waals surface area contributed by atoms with Crippen LogP contribution in [0.15, 0.2) is 54.6 Å². The van der Waals surface area contributed by atoms with Crippen LogP contribution in [-0.4, -0.2) is 6.61 Å². The Balaban J connectivity index is 1.31. The molecule has 3 aliphatic rings. The summed E-state index contributed by atoms with van der Waals surface area (Å²) in [5.74, 6) is 2.88. The summed E-state index contributed by atoms with van der Waals surface area (Å²) in [5, 5.41) is 4.59. The number of benzene rings is 2. The fourth-order valence-corrected chi connectivity index (χ4v) is 5.61. The number of fused-ring (bicyclic) bond motifs is 3. The van der Waals surface area contributed by atoms with Crippen molar-refractivity contribution in [3.8, 4) is 5.75 Å². The molecule has 1 N–H and O–H groups in total. The molecule has 152 valence electrons. The van der Waals surface area contributed by atoms with Crippen LogP contribution >= 0.6 is 11.6 Å².